The van der Waals surface area contributed by atoms with Gasteiger partial charge in [0.05, 0.1) is 18.8 Å². The van der Waals surface area contributed by atoms with Crippen molar-refractivity contribution in [2.75, 3.05) is 6.61 Å². The molecule has 0 radical (unpaired) electrons. The maximum atomic E-state index is 5.88. The third-order valence-electron chi connectivity index (χ3n) is 1.72. The van der Waals surface area contributed by atoms with E-state index in [0.29, 0.717) is 6.61 Å². The van der Waals surface area contributed by atoms with Crippen molar-refractivity contribution in [2.45, 2.75) is 26.0 Å². The van der Waals surface area contributed by atoms with Gasteiger partial charge in [-0.1, -0.05) is 6.07 Å². The lowest BCUT2D eigenvalue weighted by molar-refractivity contribution is 0.0682. The van der Waals surface area contributed by atoms with Crippen LogP contribution in [-0.2, 0) is 4.74 Å². The summed E-state index contributed by atoms with van der Waals surface area (Å²) in [5, 5.41) is 0. The normalized spacial score (nSPS) is 13.2. The van der Waals surface area contributed by atoms with Gasteiger partial charge in [-0.15, -0.1) is 0 Å². The number of nitrogens with zero attached hydrogens (tertiary/aromatic N) is 1. The molecule has 0 amide bonds. The van der Waals surface area contributed by atoms with Gasteiger partial charge in [0, 0.05) is 12.4 Å². The Morgan fingerprint density at radius 3 is 2.85 bits per heavy atom. The minimum absolute atomic E-state index is 0.0731. The number of rotatable bonds is 4. The highest BCUT2D eigenvalue weighted by molar-refractivity contribution is 5.12. The molecular formula is C10H16N2O. The highest BCUT2D eigenvalue weighted by Crippen LogP contribution is 2.08. The SMILES string of the molecule is CC(C)OCC(N)c1cccnc1. The molecule has 13 heavy (non-hydrogen) atoms. The van der Waals surface area contributed by atoms with E-state index >= 15 is 0 Å². The van der Waals surface area contributed by atoms with Gasteiger partial charge < -0.3 is 10.5 Å². The van der Waals surface area contributed by atoms with Crippen LogP contribution in [0.4, 0.5) is 0 Å². The van der Waals surface area contributed by atoms with E-state index in [-0.39, 0.29) is 12.1 Å². The Hall–Kier alpha value is -0.930. The summed E-state index contributed by atoms with van der Waals surface area (Å²) in [6, 6.07) is 3.77. The van der Waals surface area contributed by atoms with Crippen molar-refractivity contribution < 1.29 is 4.74 Å². The Morgan fingerprint density at radius 2 is 2.31 bits per heavy atom. The van der Waals surface area contributed by atoms with Crippen molar-refractivity contribution in [1.29, 1.82) is 0 Å². The molecule has 1 heterocycles. The first-order valence-corrected chi connectivity index (χ1v) is 4.47. The van der Waals surface area contributed by atoms with Crippen LogP contribution in [-0.4, -0.2) is 17.7 Å². The van der Waals surface area contributed by atoms with Crippen molar-refractivity contribution in [3.63, 3.8) is 0 Å². The lowest BCUT2D eigenvalue weighted by Crippen LogP contribution is -2.19. The minimum Gasteiger partial charge on any atom is -0.377 e. The first kappa shape index (κ1) is 10.2. The van der Waals surface area contributed by atoms with E-state index in [0.717, 1.165) is 5.56 Å². The predicted octanol–water partition coefficient (Wildman–Crippen LogP) is 1.51. The molecule has 0 aliphatic rings. The van der Waals surface area contributed by atoms with Crippen molar-refractivity contribution in [3.05, 3.63) is 30.1 Å². The number of aromatic nitrogens is 1. The molecule has 1 rings (SSSR count). The molecule has 0 aromatic carbocycles. The third-order valence-corrected chi connectivity index (χ3v) is 1.72. The Bertz CT molecular complexity index is 236. The molecule has 0 fully saturated rings. The fraction of sp³-hybridized carbons (Fsp3) is 0.500. The molecule has 1 unspecified atom stereocenters. The Morgan fingerprint density at radius 1 is 1.54 bits per heavy atom. The molecule has 1 aromatic heterocycles. The van der Waals surface area contributed by atoms with Crippen LogP contribution in [0.5, 0.6) is 0 Å². The number of nitrogens with two attached hydrogens (primary N) is 1. The van der Waals surface area contributed by atoms with Gasteiger partial charge in [-0.2, -0.15) is 0 Å². The molecule has 72 valence electrons. The fourth-order valence-corrected chi connectivity index (χ4v) is 0.988. The van der Waals surface area contributed by atoms with Crippen molar-refractivity contribution in [1.82, 2.24) is 4.98 Å². The minimum atomic E-state index is -0.0731. The summed E-state index contributed by atoms with van der Waals surface area (Å²) in [6.07, 6.45) is 3.73. The molecule has 0 spiro atoms. The average molecular weight is 180 g/mol. The first-order valence-electron chi connectivity index (χ1n) is 4.47. The number of ether oxygens (including phenoxy) is 1. The summed E-state index contributed by atoms with van der Waals surface area (Å²) in [7, 11) is 0. The summed E-state index contributed by atoms with van der Waals surface area (Å²) in [6.45, 7) is 4.54. The zero-order valence-corrected chi connectivity index (χ0v) is 8.10. The van der Waals surface area contributed by atoms with Gasteiger partial charge in [-0.05, 0) is 25.5 Å². The summed E-state index contributed by atoms with van der Waals surface area (Å²) in [5.41, 5.74) is 6.90. The van der Waals surface area contributed by atoms with Gasteiger partial charge in [-0.3, -0.25) is 4.98 Å². The summed E-state index contributed by atoms with van der Waals surface area (Å²) in [4.78, 5) is 4.00. The predicted molar refractivity (Wildman–Crippen MR) is 52.3 cm³/mol. The number of hydrogen-bond acceptors (Lipinski definition) is 3. The van der Waals surface area contributed by atoms with E-state index < -0.39 is 0 Å². The van der Waals surface area contributed by atoms with Crippen LogP contribution < -0.4 is 5.73 Å². The molecule has 0 saturated carbocycles. The van der Waals surface area contributed by atoms with E-state index in [2.05, 4.69) is 4.98 Å². The Labute approximate surface area is 78.9 Å². The lowest BCUT2D eigenvalue weighted by Gasteiger charge is -2.13. The summed E-state index contributed by atoms with van der Waals surface area (Å²) >= 11 is 0. The van der Waals surface area contributed by atoms with Crippen LogP contribution in [0.25, 0.3) is 0 Å². The van der Waals surface area contributed by atoms with Gasteiger partial charge in [0.25, 0.3) is 0 Å². The van der Waals surface area contributed by atoms with Crippen LogP contribution in [0.3, 0.4) is 0 Å². The smallest absolute Gasteiger partial charge is 0.0663 e. The van der Waals surface area contributed by atoms with E-state index in [1.165, 1.54) is 0 Å². The van der Waals surface area contributed by atoms with Gasteiger partial charge >= 0.3 is 0 Å². The van der Waals surface area contributed by atoms with Crippen molar-refractivity contribution in [2.24, 2.45) is 5.73 Å². The van der Waals surface area contributed by atoms with Gasteiger partial charge in [0.2, 0.25) is 0 Å². The largest absolute Gasteiger partial charge is 0.377 e. The van der Waals surface area contributed by atoms with Gasteiger partial charge in [0.1, 0.15) is 0 Å². The van der Waals surface area contributed by atoms with E-state index in [1.807, 2.05) is 26.0 Å². The summed E-state index contributed by atoms with van der Waals surface area (Å²) < 4.78 is 5.41. The highest BCUT2D eigenvalue weighted by atomic mass is 16.5. The van der Waals surface area contributed by atoms with Crippen LogP contribution in [0.1, 0.15) is 25.5 Å². The Kier molecular flexibility index (Phi) is 3.86. The first-order chi connectivity index (χ1) is 6.20. The second-order valence-electron chi connectivity index (χ2n) is 3.27. The van der Waals surface area contributed by atoms with Gasteiger partial charge in [-0.25, -0.2) is 0 Å². The number of pyridine rings is 1. The second kappa shape index (κ2) is 4.94. The molecular weight excluding hydrogens is 164 g/mol. The molecule has 0 aliphatic carbocycles. The van der Waals surface area contributed by atoms with Crippen LogP contribution >= 0.6 is 0 Å². The van der Waals surface area contributed by atoms with Gasteiger partial charge in [0.15, 0.2) is 0 Å². The third kappa shape index (κ3) is 3.53. The lowest BCUT2D eigenvalue weighted by atomic mass is 10.1. The zero-order chi connectivity index (χ0) is 9.68. The van der Waals surface area contributed by atoms with Crippen molar-refractivity contribution in [3.8, 4) is 0 Å². The topological polar surface area (TPSA) is 48.1 Å². The zero-order valence-electron chi connectivity index (χ0n) is 8.10. The van der Waals surface area contributed by atoms with E-state index in [1.54, 1.807) is 12.4 Å². The molecule has 0 aliphatic heterocycles. The van der Waals surface area contributed by atoms with Crippen LogP contribution in [0.15, 0.2) is 24.5 Å². The Balaban J connectivity index is 2.44. The molecule has 3 heteroatoms. The maximum absolute atomic E-state index is 5.88. The van der Waals surface area contributed by atoms with E-state index in [9.17, 15) is 0 Å². The maximum Gasteiger partial charge on any atom is 0.0663 e. The quantitative estimate of drug-likeness (QED) is 0.764. The average Bonchev–Trinajstić information content (AvgIpc) is 2.15. The molecule has 2 N–H and O–H groups in total. The molecule has 0 bridgehead atoms. The van der Waals surface area contributed by atoms with Crippen LogP contribution in [0, 0.1) is 0 Å². The highest BCUT2D eigenvalue weighted by Gasteiger charge is 2.06. The standard InChI is InChI=1S/C10H16N2O/c1-8(2)13-7-10(11)9-4-3-5-12-6-9/h3-6,8,10H,7,11H2,1-2H3. The van der Waals surface area contributed by atoms with Crippen LogP contribution in [0.2, 0.25) is 0 Å². The molecule has 1 atom stereocenters. The fourth-order valence-electron chi connectivity index (χ4n) is 0.988. The molecule has 1 aromatic rings. The number of hydrogen-bond donors (Lipinski definition) is 1. The summed E-state index contributed by atoms with van der Waals surface area (Å²) in [5.74, 6) is 0. The second-order valence-corrected chi connectivity index (χ2v) is 3.27. The van der Waals surface area contributed by atoms with E-state index in [4.69, 9.17) is 10.5 Å². The monoisotopic (exact) mass is 180 g/mol. The molecule has 0 saturated heterocycles. The molecule has 3 nitrogen and oxygen atoms in total. The van der Waals surface area contributed by atoms with Crippen molar-refractivity contribution >= 4 is 0 Å².